The molecule has 0 radical (unpaired) electrons. The van der Waals surface area contributed by atoms with Crippen LogP contribution in [0.2, 0.25) is 0 Å². The first-order valence-corrected chi connectivity index (χ1v) is 8.13. The first-order chi connectivity index (χ1) is 11.8. The smallest absolute Gasteiger partial charge is 0.269 e. The first kappa shape index (κ1) is 19.0. The molecule has 1 heterocycles. The zero-order chi connectivity index (χ0) is 18.6. The quantitative estimate of drug-likeness (QED) is 0.460. The van der Waals surface area contributed by atoms with Crippen molar-refractivity contribution in [3.8, 4) is 0 Å². The van der Waals surface area contributed by atoms with Crippen molar-refractivity contribution < 1.29 is 19.9 Å². The Morgan fingerprint density at radius 3 is 2.56 bits per heavy atom. The van der Waals surface area contributed by atoms with Gasteiger partial charge in [0, 0.05) is 12.1 Å². The van der Waals surface area contributed by atoms with Gasteiger partial charge in [-0.3, -0.25) is 19.6 Å². The maximum atomic E-state index is 12.1. The fourth-order valence-corrected chi connectivity index (χ4v) is 2.52. The number of rotatable bonds is 7. The van der Waals surface area contributed by atoms with Gasteiger partial charge in [-0.25, -0.2) is 0 Å². The molecule has 25 heavy (non-hydrogen) atoms. The number of aliphatic hydroxyl groups excluding tert-OH is 2. The highest BCUT2D eigenvalue weighted by atomic mass is 79.9. The van der Waals surface area contributed by atoms with Crippen LogP contribution in [-0.4, -0.2) is 43.5 Å². The molecule has 0 aliphatic rings. The number of nitrogens with one attached hydrogen (secondary N) is 1. The van der Waals surface area contributed by atoms with Crippen molar-refractivity contribution in [1.29, 1.82) is 0 Å². The van der Waals surface area contributed by atoms with Gasteiger partial charge in [-0.2, -0.15) is 5.10 Å². The molecule has 2 unspecified atom stereocenters. The van der Waals surface area contributed by atoms with Gasteiger partial charge in [0.15, 0.2) is 0 Å². The van der Waals surface area contributed by atoms with Gasteiger partial charge in [-0.05, 0) is 40.5 Å². The molecule has 134 valence electrons. The zero-order valence-electron chi connectivity index (χ0n) is 13.3. The summed E-state index contributed by atoms with van der Waals surface area (Å²) in [6.45, 7) is 1.23. The van der Waals surface area contributed by atoms with Gasteiger partial charge in [0.25, 0.3) is 5.69 Å². The number of aliphatic hydroxyl groups is 2. The van der Waals surface area contributed by atoms with Crippen LogP contribution in [0.1, 0.15) is 17.4 Å². The second-order valence-electron chi connectivity index (χ2n) is 5.39. The Labute approximate surface area is 151 Å². The second-order valence-corrected chi connectivity index (χ2v) is 6.24. The summed E-state index contributed by atoms with van der Waals surface area (Å²) in [7, 11) is 0. The molecule has 2 rings (SSSR count). The summed E-state index contributed by atoms with van der Waals surface area (Å²) in [5, 5.41) is 37.0. The molecule has 10 heteroatoms. The normalized spacial score (nSPS) is 13.3. The van der Waals surface area contributed by atoms with Crippen LogP contribution in [0.3, 0.4) is 0 Å². The number of non-ortho nitro benzene ring substituents is 1. The number of carbonyl (C=O) groups excluding carboxylic acids is 1. The van der Waals surface area contributed by atoms with Crippen LogP contribution >= 0.6 is 15.9 Å². The van der Waals surface area contributed by atoms with E-state index in [0.717, 1.165) is 10.2 Å². The standard InChI is InChI=1S/C15H17BrN4O5/c1-9-12(16)6-17-19(9)7-14(22)18-13(8-21)15(23)10-2-4-11(5-3-10)20(24)25/h2-6,13,15,21,23H,7-8H2,1H3,(H,18,22). The van der Waals surface area contributed by atoms with E-state index in [2.05, 4.69) is 26.3 Å². The predicted molar refractivity (Wildman–Crippen MR) is 91.7 cm³/mol. The van der Waals surface area contributed by atoms with Crippen LogP contribution in [0.15, 0.2) is 34.9 Å². The average Bonchev–Trinajstić information content (AvgIpc) is 2.91. The van der Waals surface area contributed by atoms with Crippen LogP contribution in [0, 0.1) is 17.0 Å². The lowest BCUT2D eigenvalue weighted by Crippen LogP contribution is -2.43. The fourth-order valence-electron chi connectivity index (χ4n) is 2.22. The van der Waals surface area contributed by atoms with Gasteiger partial charge in [0.2, 0.25) is 5.91 Å². The Hall–Kier alpha value is -2.30. The number of nitro benzene ring substituents is 1. The molecular formula is C15H17BrN4O5. The van der Waals surface area contributed by atoms with E-state index < -0.39 is 29.6 Å². The molecule has 0 saturated carbocycles. The number of benzene rings is 1. The van der Waals surface area contributed by atoms with Crippen molar-refractivity contribution in [1.82, 2.24) is 15.1 Å². The third-order valence-electron chi connectivity index (χ3n) is 3.71. The Morgan fingerprint density at radius 1 is 1.44 bits per heavy atom. The van der Waals surface area contributed by atoms with E-state index >= 15 is 0 Å². The maximum absolute atomic E-state index is 12.1. The Kier molecular flexibility index (Phi) is 6.23. The number of nitro groups is 1. The van der Waals surface area contributed by atoms with Gasteiger partial charge < -0.3 is 15.5 Å². The Balaban J connectivity index is 2.04. The summed E-state index contributed by atoms with van der Waals surface area (Å²) in [4.78, 5) is 22.2. The topological polar surface area (TPSA) is 131 Å². The molecule has 1 aromatic heterocycles. The van der Waals surface area contributed by atoms with E-state index in [4.69, 9.17) is 0 Å². The highest BCUT2D eigenvalue weighted by molar-refractivity contribution is 9.10. The summed E-state index contributed by atoms with van der Waals surface area (Å²) < 4.78 is 2.25. The zero-order valence-corrected chi connectivity index (χ0v) is 14.9. The van der Waals surface area contributed by atoms with Gasteiger partial charge in [-0.1, -0.05) is 0 Å². The Bertz CT molecular complexity index is 762. The lowest BCUT2D eigenvalue weighted by atomic mass is 10.0. The van der Waals surface area contributed by atoms with Crippen molar-refractivity contribution in [2.24, 2.45) is 0 Å². The lowest BCUT2D eigenvalue weighted by molar-refractivity contribution is -0.384. The number of carbonyl (C=O) groups is 1. The van der Waals surface area contributed by atoms with E-state index in [-0.39, 0.29) is 12.2 Å². The van der Waals surface area contributed by atoms with E-state index in [1.807, 2.05) is 0 Å². The lowest BCUT2D eigenvalue weighted by Gasteiger charge is -2.22. The molecule has 1 aromatic carbocycles. The van der Waals surface area contributed by atoms with Crippen molar-refractivity contribution >= 4 is 27.5 Å². The molecule has 0 saturated heterocycles. The highest BCUT2D eigenvalue weighted by Crippen LogP contribution is 2.20. The van der Waals surface area contributed by atoms with Crippen molar-refractivity contribution in [3.05, 3.63) is 56.3 Å². The molecule has 0 aliphatic carbocycles. The fraction of sp³-hybridized carbons (Fsp3) is 0.333. The highest BCUT2D eigenvalue weighted by Gasteiger charge is 2.23. The average molecular weight is 413 g/mol. The van der Waals surface area contributed by atoms with Crippen LogP contribution < -0.4 is 5.32 Å². The summed E-state index contributed by atoms with van der Waals surface area (Å²) in [5.41, 5.74) is 1.01. The number of halogens is 1. The number of amides is 1. The van der Waals surface area contributed by atoms with Gasteiger partial charge in [0.1, 0.15) is 12.6 Å². The van der Waals surface area contributed by atoms with E-state index in [0.29, 0.717) is 5.56 Å². The Morgan fingerprint density at radius 2 is 2.08 bits per heavy atom. The number of hydrogen-bond donors (Lipinski definition) is 3. The third kappa shape index (κ3) is 4.62. The number of aromatic nitrogens is 2. The summed E-state index contributed by atoms with van der Waals surface area (Å²) in [6, 6.07) is 4.31. The predicted octanol–water partition coefficient (Wildman–Crippen LogP) is 1.07. The molecule has 0 spiro atoms. The molecule has 2 aromatic rings. The molecule has 1 amide bonds. The largest absolute Gasteiger partial charge is 0.394 e. The van der Waals surface area contributed by atoms with Crippen LogP contribution in [0.5, 0.6) is 0 Å². The van der Waals surface area contributed by atoms with Crippen LogP contribution in [0.25, 0.3) is 0 Å². The summed E-state index contributed by atoms with van der Waals surface area (Å²) in [6.07, 6.45) is 0.359. The summed E-state index contributed by atoms with van der Waals surface area (Å²) in [5.74, 6) is -0.432. The summed E-state index contributed by atoms with van der Waals surface area (Å²) >= 11 is 3.30. The van der Waals surface area contributed by atoms with Crippen molar-refractivity contribution in [2.45, 2.75) is 25.6 Å². The SMILES string of the molecule is Cc1c(Br)cnn1CC(=O)NC(CO)C(O)c1ccc([N+](=O)[O-])cc1. The van der Waals surface area contributed by atoms with Crippen LogP contribution in [0.4, 0.5) is 5.69 Å². The minimum absolute atomic E-state index is 0.0685. The van der Waals surface area contributed by atoms with Gasteiger partial charge >= 0.3 is 0 Å². The van der Waals surface area contributed by atoms with Crippen LogP contribution in [-0.2, 0) is 11.3 Å². The van der Waals surface area contributed by atoms with Crippen molar-refractivity contribution in [3.63, 3.8) is 0 Å². The third-order valence-corrected chi connectivity index (χ3v) is 4.48. The van der Waals surface area contributed by atoms with E-state index in [1.165, 1.54) is 28.9 Å². The molecule has 9 nitrogen and oxygen atoms in total. The molecule has 0 aliphatic heterocycles. The molecule has 2 atom stereocenters. The van der Waals surface area contributed by atoms with Gasteiger partial charge in [-0.15, -0.1) is 0 Å². The maximum Gasteiger partial charge on any atom is 0.269 e. The molecule has 0 fully saturated rings. The minimum atomic E-state index is -1.21. The molecular weight excluding hydrogens is 396 g/mol. The van der Waals surface area contributed by atoms with E-state index in [9.17, 15) is 25.1 Å². The molecule has 3 N–H and O–H groups in total. The van der Waals surface area contributed by atoms with E-state index in [1.54, 1.807) is 13.1 Å². The number of nitrogens with zero attached hydrogens (tertiary/aromatic N) is 3. The monoisotopic (exact) mass is 412 g/mol. The minimum Gasteiger partial charge on any atom is -0.394 e. The van der Waals surface area contributed by atoms with Crippen molar-refractivity contribution in [2.75, 3.05) is 6.61 Å². The van der Waals surface area contributed by atoms with Gasteiger partial charge in [0.05, 0.1) is 33.9 Å². The molecule has 0 bridgehead atoms. The number of hydrogen-bond acceptors (Lipinski definition) is 6. The second kappa shape index (κ2) is 8.19. The first-order valence-electron chi connectivity index (χ1n) is 7.34.